The minimum absolute atomic E-state index is 0.0316. The van der Waals surface area contributed by atoms with E-state index in [1.165, 1.54) is 0 Å². The third-order valence-electron chi connectivity index (χ3n) is 4.14. The van der Waals surface area contributed by atoms with Crippen LogP contribution in [0.1, 0.15) is 33.1 Å². The molecule has 128 valence electrons. The van der Waals surface area contributed by atoms with Crippen molar-refractivity contribution in [3.05, 3.63) is 24.3 Å². The molecule has 1 aliphatic heterocycles. The lowest BCUT2D eigenvalue weighted by Gasteiger charge is -2.34. The maximum absolute atomic E-state index is 12.5. The molecule has 23 heavy (non-hydrogen) atoms. The van der Waals surface area contributed by atoms with E-state index < -0.39 is 0 Å². The van der Waals surface area contributed by atoms with E-state index in [9.17, 15) is 4.79 Å². The fourth-order valence-electron chi connectivity index (χ4n) is 3.08. The molecule has 0 atom stereocenters. The van der Waals surface area contributed by atoms with Gasteiger partial charge in [0.25, 0.3) is 0 Å². The van der Waals surface area contributed by atoms with Crippen LogP contribution in [0.3, 0.4) is 0 Å². The van der Waals surface area contributed by atoms with Gasteiger partial charge in [-0.25, -0.2) is 0 Å². The van der Waals surface area contributed by atoms with Gasteiger partial charge >= 0.3 is 0 Å². The summed E-state index contributed by atoms with van der Waals surface area (Å²) in [5.74, 6) is 0.761. The molecule has 0 spiro atoms. The Kier molecular flexibility index (Phi) is 7.36. The SMILES string of the molecule is CCCN(CC(=O)Nc1ccccc1OCC)C1CCNCC1. The van der Waals surface area contributed by atoms with E-state index >= 15 is 0 Å². The van der Waals surface area contributed by atoms with E-state index in [-0.39, 0.29) is 5.91 Å². The second-order valence-corrected chi connectivity index (χ2v) is 5.93. The van der Waals surface area contributed by atoms with Crippen LogP contribution in [0.25, 0.3) is 0 Å². The van der Waals surface area contributed by atoms with E-state index in [2.05, 4.69) is 22.5 Å². The van der Waals surface area contributed by atoms with Gasteiger partial charge in [0, 0.05) is 6.04 Å². The minimum Gasteiger partial charge on any atom is -0.492 e. The van der Waals surface area contributed by atoms with Crippen LogP contribution in [0.4, 0.5) is 5.69 Å². The Labute approximate surface area is 139 Å². The highest BCUT2D eigenvalue weighted by atomic mass is 16.5. The van der Waals surface area contributed by atoms with Gasteiger partial charge in [-0.2, -0.15) is 0 Å². The lowest BCUT2D eigenvalue weighted by atomic mass is 10.0. The maximum atomic E-state index is 12.5. The fourth-order valence-corrected chi connectivity index (χ4v) is 3.08. The minimum atomic E-state index is 0.0316. The Bertz CT molecular complexity index is 487. The summed E-state index contributed by atoms with van der Waals surface area (Å²) in [5, 5.41) is 6.38. The molecule has 0 aliphatic carbocycles. The van der Waals surface area contributed by atoms with Gasteiger partial charge < -0.3 is 15.4 Å². The molecule has 1 aromatic carbocycles. The summed E-state index contributed by atoms with van der Waals surface area (Å²) in [4.78, 5) is 14.8. The summed E-state index contributed by atoms with van der Waals surface area (Å²) in [6.45, 7) is 8.18. The van der Waals surface area contributed by atoms with Crippen LogP contribution >= 0.6 is 0 Å². The Hall–Kier alpha value is -1.59. The number of carbonyl (C=O) groups is 1. The Morgan fingerprint density at radius 3 is 2.74 bits per heavy atom. The maximum Gasteiger partial charge on any atom is 0.238 e. The highest BCUT2D eigenvalue weighted by molar-refractivity contribution is 5.93. The Balaban J connectivity index is 1.96. The smallest absolute Gasteiger partial charge is 0.238 e. The highest BCUT2D eigenvalue weighted by Crippen LogP contribution is 2.23. The van der Waals surface area contributed by atoms with Gasteiger partial charge in [0.2, 0.25) is 5.91 Å². The molecule has 1 aromatic rings. The normalized spacial score (nSPS) is 15.6. The van der Waals surface area contributed by atoms with E-state index in [0.717, 1.165) is 50.3 Å². The predicted octanol–water partition coefficient (Wildman–Crippen LogP) is 2.49. The second-order valence-electron chi connectivity index (χ2n) is 5.93. The van der Waals surface area contributed by atoms with Crippen molar-refractivity contribution in [3.63, 3.8) is 0 Å². The average molecular weight is 319 g/mol. The van der Waals surface area contributed by atoms with Crippen LogP contribution in [-0.2, 0) is 4.79 Å². The molecule has 0 bridgehead atoms. The fraction of sp³-hybridized carbons (Fsp3) is 0.611. The van der Waals surface area contributed by atoms with Crippen LogP contribution in [0, 0.1) is 0 Å². The predicted molar refractivity (Wildman–Crippen MR) is 94.0 cm³/mol. The van der Waals surface area contributed by atoms with Crippen molar-refractivity contribution in [2.45, 2.75) is 39.2 Å². The van der Waals surface area contributed by atoms with Crippen LogP contribution in [0.5, 0.6) is 5.75 Å². The monoisotopic (exact) mass is 319 g/mol. The van der Waals surface area contributed by atoms with Gasteiger partial charge in [-0.15, -0.1) is 0 Å². The molecule has 2 rings (SSSR count). The number of benzene rings is 1. The topological polar surface area (TPSA) is 53.6 Å². The largest absolute Gasteiger partial charge is 0.492 e. The molecule has 0 unspecified atom stereocenters. The molecule has 2 N–H and O–H groups in total. The zero-order chi connectivity index (χ0) is 16.5. The molecule has 1 amide bonds. The molecule has 1 aliphatic rings. The first-order valence-electron chi connectivity index (χ1n) is 8.71. The molecular weight excluding hydrogens is 290 g/mol. The van der Waals surface area contributed by atoms with E-state index in [1.807, 2.05) is 31.2 Å². The third kappa shape index (κ3) is 5.52. The van der Waals surface area contributed by atoms with Crippen molar-refractivity contribution in [3.8, 4) is 5.75 Å². The van der Waals surface area contributed by atoms with E-state index in [4.69, 9.17) is 4.74 Å². The number of nitrogens with zero attached hydrogens (tertiary/aromatic N) is 1. The zero-order valence-electron chi connectivity index (χ0n) is 14.3. The van der Waals surface area contributed by atoms with E-state index in [1.54, 1.807) is 0 Å². The molecule has 1 heterocycles. The molecule has 5 nitrogen and oxygen atoms in total. The number of anilines is 1. The molecule has 5 heteroatoms. The van der Waals surface area contributed by atoms with Crippen LogP contribution in [0.15, 0.2) is 24.3 Å². The van der Waals surface area contributed by atoms with Crippen molar-refractivity contribution in [1.82, 2.24) is 10.2 Å². The summed E-state index contributed by atoms with van der Waals surface area (Å²) in [6.07, 6.45) is 3.29. The van der Waals surface area contributed by atoms with Crippen molar-refractivity contribution < 1.29 is 9.53 Å². The number of carbonyl (C=O) groups excluding carboxylic acids is 1. The van der Waals surface area contributed by atoms with Gasteiger partial charge in [0.1, 0.15) is 5.75 Å². The zero-order valence-corrected chi connectivity index (χ0v) is 14.3. The second kappa shape index (κ2) is 9.53. The van der Waals surface area contributed by atoms with Crippen LogP contribution < -0.4 is 15.4 Å². The standard InChI is InChI=1S/C18H29N3O2/c1-3-13-21(15-9-11-19-12-10-15)14-18(22)20-16-7-5-6-8-17(16)23-4-2/h5-8,15,19H,3-4,9-14H2,1-2H3,(H,20,22). The number of hydrogen-bond donors (Lipinski definition) is 2. The van der Waals surface area contributed by atoms with E-state index in [0.29, 0.717) is 19.2 Å². The quantitative estimate of drug-likeness (QED) is 0.773. The Morgan fingerprint density at radius 2 is 2.04 bits per heavy atom. The highest BCUT2D eigenvalue weighted by Gasteiger charge is 2.22. The third-order valence-corrected chi connectivity index (χ3v) is 4.14. The average Bonchev–Trinajstić information content (AvgIpc) is 2.57. The first-order valence-corrected chi connectivity index (χ1v) is 8.71. The molecule has 1 fully saturated rings. The van der Waals surface area contributed by atoms with Crippen molar-refractivity contribution >= 4 is 11.6 Å². The first kappa shape index (κ1) is 17.8. The van der Waals surface area contributed by atoms with Gasteiger partial charge in [-0.1, -0.05) is 19.1 Å². The number of amides is 1. The van der Waals surface area contributed by atoms with Crippen molar-refractivity contribution in [2.24, 2.45) is 0 Å². The van der Waals surface area contributed by atoms with Crippen LogP contribution in [0.2, 0.25) is 0 Å². The number of piperidine rings is 1. The van der Waals surface area contributed by atoms with Gasteiger partial charge in [-0.05, 0) is 58.0 Å². The number of ether oxygens (including phenoxy) is 1. The molecular formula is C18H29N3O2. The molecule has 0 saturated carbocycles. The van der Waals surface area contributed by atoms with Crippen LogP contribution in [-0.4, -0.2) is 49.6 Å². The summed E-state index contributed by atoms with van der Waals surface area (Å²) in [6, 6.07) is 8.10. The number of rotatable bonds is 8. The van der Waals surface area contributed by atoms with Gasteiger partial charge in [-0.3, -0.25) is 9.69 Å². The lowest BCUT2D eigenvalue weighted by Crippen LogP contribution is -2.46. The van der Waals surface area contributed by atoms with Crippen molar-refractivity contribution in [2.75, 3.05) is 38.1 Å². The number of para-hydroxylation sites is 2. The summed E-state index contributed by atoms with van der Waals surface area (Å²) in [5.41, 5.74) is 0.751. The molecule has 1 saturated heterocycles. The summed E-state index contributed by atoms with van der Waals surface area (Å²) in [7, 11) is 0. The number of nitrogens with one attached hydrogen (secondary N) is 2. The molecule has 0 radical (unpaired) electrons. The summed E-state index contributed by atoms with van der Waals surface area (Å²) >= 11 is 0. The number of hydrogen-bond acceptors (Lipinski definition) is 4. The molecule has 0 aromatic heterocycles. The first-order chi connectivity index (χ1) is 11.2. The Morgan fingerprint density at radius 1 is 1.30 bits per heavy atom. The lowest BCUT2D eigenvalue weighted by molar-refractivity contribution is -0.118. The summed E-state index contributed by atoms with van der Waals surface area (Å²) < 4.78 is 5.57. The van der Waals surface area contributed by atoms with Gasteiger partial charge in [0.05, 0.1) is 18.8 Å². The van der Waals surface area contributed by atoms with Gasteiger partial charge in [0.15, 0.2) is 0 Å². The van der Waals surface area contributed by atoms with Crippen molar-refractivity contribution in [1.29, 1.82) is 0 Å².